The van der Waals surface area contributed by atoms with Crippen molar-refractivity contribution in [2.24, 2.45) is 0 Å². The number of hydrogen-bond donors (Lipinski definition) is 2. The number of aromatic hydroxyl groups is 2. The van der Waals surface area contributed by atoms with Gasteiger partial charge >= 0.3 is 0 Å². The van der Waals surface area contributed by atoms with E-state index in [4.69, 9.17) is 0 Å². The maximum Gasteiger partial charge on any atom is 0.118 e. The van der Waals surface area contributed by atoms with E-state index in [2.05, 4.69) is 54.6 Å². The summed E-state index contributed by atoms with van der Waals surface area (Å²) in [6.45, 7) is 1.97. The summed E-state index contributed by atoms with van der Waals surface area (Å²) in [6, 6.07) is 30.1. The standard InChI is InChI=1S/C26H20O2/c1-17-22(11-6-12-25(17)28)26(18-13-15-19(27)16-14-18)23-9-4-2-7-20(23)21-8-3-5-10-24(21)26/h2-16,27-28H,1H3. The van der Waals surface area contributed by atoms with Crippen molar-refractivity contribution in [1.82, 2.24) is 0 Å². The molecule has 0 amide bonds. The normalized spacial score (nSPS) is 13.8. The fraction of sp³-hybridized carbons (Fsp3) is 0.0769. The van der Waals surface area contributed by atoms with Crippen LogP contribution in [0.15, 0.2) is 91.0 Å². The third kappa shape index (κ3) is 2.09. The molecule has 4 aromatic rings. The Morgan fingerprint density at radius 1 is 0.571 bits per heavy atom. The summed E-state index contributed by atoms with van der Waals surface area (Å²) in [4.78, 5) is 0. The van der Waals surface area contributed by atoms with Crippen LogP contribution in [0.1, 0.15) is 27.8 Å². The van der Waals surface area contributed by atoms with Gasteiger partial charge in [0.05, 0.1) is 5.41 Å². The smallest absolute Gasteiger partial charge is 0.118 e. The maximum atomic E-state index is 10.5. The first kappa shape index (κ1) is 16.6. The lowest BCUT2D eigenvalue weighted by atomic mass is 9.66. The number of phenolic OH excluding ortho intramolecular Hbond substituents is 2. The molecular weight excluding hydrogens is 344 g/mol. The molecule has 2 nitrogen and oxygen atoms in total. The second kappa shape index (κ2) is 6.00. The number of rotatable bonds is 2. The van der Waals surface area contributed by atoms with Crippen LogP contribution in [0.25, 0.3) is 11.1 Å². The predicted octanol–water partition coefficient (Wildman–Crippen LogP) is 5.77. The molecule has 0 heterocycles. The van der Waals surface area contributed by atoms with Crippen molar-refractivity contribution in [3.63, 3.8) is 0 Å². The second-order valence-electron chi connectivity index (χ2n) is 7.34. The van der Waals surface area contributed by atoms with Crippen LogP contribution in [0, 0.1) is 6.92 Å². The summed E-state index contributed by atoms with van der Waals surface area (Å²) >= 11 is 0. The van der Waals surface area contributed by atoms with Crippen molar-refractivity contribution in [2.45, 2.75) is 12.3 Å². The van der Waals surface area contributed by atoms with Crippen LogP contribution in [0.4, 0.5) is 0 Å². The van der Waals surface area contributed by atoms with E-state index in [-0.39, 0.29) is 11.5 Å². The summed E-state index contributed by atoms with van der Waals surface area (Å²) in [5.41, 5.74) is 7.21. The SMILES string of the molecule is Cc1c(O)cccc1C1(c2ccc(O)cc2)c2ccccc2-c2ccccc21. The summed E-state index contributed by atoms with van der Waals surface area (Å²) in [5, 5.41) is 20.4. The zero-order chi connectivity index (χ0) is 19.3. The largest absolute Gasteiger partial charge is 0.508 e. The first-order valence-corrected chi connectivity index (χ1v) is 9.42. The van der Waals surface area contributed by atoms with E-state index in [1.54, 1.807) is 18.2 Å². The Balaban J connectivity index is 1.99. The lowest BCUT2D eigenvalue weighted by Gasteiger charge is -2.35. The highest BCUT2D eigenvalue weighted by atomic mass is 16.3. The minimum Gasteiger partial charge on any atom is -0.508 e. The highest BCUT2D eigenvalue weighted by molar-refractivity contribution is 5.86. The van der Waals surface area contributed by atoms with E-state index in [0.717, 1.165) is 16.7 Å². The zero-order valence-corrected chi connectivity index (χ0v) is 15.6. The van der Waals surface area contributed by atoms with Crippen LogP contribution in [0.5, 0.6) is 11.5 Å². The van der Waals surface area contributed by atoms with Crippen LogP contribution < -0.4 is 0 Å². The number of phenols is 2. The summed E-state index contributed by atoms with van der Waals surface area (Å²) in [6.07, 6.45) is 0. The second-order valence-corrected chi connectivity index (χ2v) is 7.34. The van der Waals surface area contributed by atoms with Crippen molar-refractivity contribution in [1.29, 1.82) is 0 Å². The van der Waals surface area contributed by atoms with Gasteiger partial charge in [0.15, 0.2) is 0 Å². The Morgan fingerprint density at radius 2 is 1.11 bits per heavy atom. The molecule has 0 fully saturated rings. The van der Waals surface area contributed by atoms with Gasteiger partial charge in [-0.1, -0.05) is 72.8 Å². The summed E-state index contributed by atoms with van der Waals surface area (Å²) in [5.74, 6) is 0.531. The van der Waals surface area contributed by atoms with E-state index >= 15 is 0 Å². The van der Waals surface area contributed by atoms with Gasteiger partial charge in [0.2, 0.25) is 0 Å². The van der Waals surface area contributed by atoms with Crippen LogP contribution in [-0.2, 0) is 5.41 Å². The monoisotopic (exact) mass is 364 g/mol. The van der Waals surface area contributed by atoms with Gasteiger partial charge in [0, 0.05) is 0 Å². The van der Waals surface area contributed by atoms with Crippen molar-refractivity contribution < 1.29 is 10.2 Å². The van der Waals surface area contributed by atoms with Crippen molar-refractivity contribution in [3.8, 4) is 22.6 Å². The van der Waals surface area contributed by atoms with Gasteiger partial charge < -0.3 is 10.2 Å². The van der Waals surface area contributed by atoms with Crippen molar-refractivity contribution >= 4 is 0 Å². The van der Waals surface area contributed by atoms with Crippen molar-refractivity contribution in [2.75, 3.05) is 0 Å². The molecule has 0 saturated heterocycles. The molecule has 0 aromatic heterocycles. The Morgan fingerprint density at radius 3 is 1.71 bits per heavy atom. The molecule has 136 valence electrons. The molecule has 0 radical (unpaired) electrons. The number of fused-ring (bicyclic) bond motifs is 3. The van der Waals surface area contributed by atoms with E-state index < -0.39 is 5.41 Å². The van der Waals surface area contributed by atoms with Gasteiger partial charge in [-0.3, -0.25) is 0 Å². The number of benzene rings is 4. The Hall–Kier alpha value is -3.52. The molecule has 2 heteroatoms. The predicted molar refractivity (Wildman–Crippen MR) is 112 cm³/mol. The molecule has 1 aliphatic rings. The minimum atomic E-state index is -0.552. The van der Waals surface area contributed by atoms with Gasteiger partial charge in [-0.05, 0) is 64.1 Å². The van der Waals surface area contributed by atoms with Gasteiger partial charge in [-0.2, -0.15) is 0 Å². The maximum absolute atomic E-state index is 10.5. The number of hydrogen-bond acceptors (Lipinski definition) is 2. The van der Waals surface area contributed by atoms with Gasteiger partial charge in [-0.15, -0.1) is 0 Å². The third-order valence-electron chi connectivity index (χ3n) is 5.96. The van der Waals surface area contributed by atoms with E-state index in [1.807, 2.05) is 25.1 Å². The quantitative estimate of drug-likeness (QED) is 0.417. The topological polar surface area (TPSA) is 40.5 Å². The fourth-order valence-corrected chi connectivity index (χ4v) is 4.73. The van der Waals surface area contributed by atoms with Crippen molar-refractivity contribution in [3.05, 3.63) is 119 Å². The molecule has 2 N–H and O–H groups in total. The van der Waals surface area contributed by atoms with Crippen LogP contribution in [0.2, 0.25) is 0 Å². The molecule has 0 bridgehead atoms. The molecule has 0 saturated carbocycles. The minimum absolute atomic E-state index is 0.242. The highest BCUT2D eigenvalue weighted by Crippen LogP contribution is 2.57. The van der Waals surface area contributed by atoms with Gasteiger partial charge in [-0.25, -0.2) is 0 Å². The van der Waals surface area contributed by atoms with E-state index in [0.29, 0.717) is 0 Å². The van der Waals surface area contributed by atoms with E-state index in [1.165, 1.54) is 22.3 Å². The fourth-order valence-electron chi connectivity index (χ4n) is 4.73. The first-order valence-electron chi connectivity index (χ1n) is 9.42. The molecule has 0 atom stereocenters. The Labute approximate surface area is 164 Å². The van der Waals surface area contributed by atoms with Gasteiger partial charge in [0.1, 0.15) is 11.5 Å². The van der Waals surface area contributed by atoms with E-state index in [9.17, 15) is 10.2 Å². The third-order valence-corrected chi connectivity index (χ3v) is 5.96. The Kier molecular flexibility index (Phi) is 3.56. The molecule has 0 unspecified atom stereocenters. The average molecular weight is 364 g/mol. The molecule has 28 heavy (non-hydrogen) atoms. The van der Waals surface area contributed by atoms with Crippen LogP contribution in [0.3, 0.4) is 0 Å². The molecule has 1 aliphatic carbocycles. The summed E-state index contributed by atoms with van der Waals surface area (Å²) < 4.78 is 0. The van der Waals surface area contributed by atoms with Gasteiger partial charge in [0.25, 0.3) is 0 Å². The molecule has 0 aliphatic heterocycles. The molecular formula is C26H20O2. The molecule has 5 rings (SSSR count). The zero-order valence-electron chi connectivity index (χ0n) is 15.6. The average Bonchev–Trinajstić information content (AvgIpc) is 3.02. The van der Waals surface area contributed by atoms with Crippen LogP contribution >= 0.6 is 0 Å². The molecule has 0 spiro atoms. The Bertz CT molecular complexity index is 1140. The lowest BCUT2D eigenvalue weighted by molar-refractivity contribution is 0.468. The summed E-state index contributed by atoms with van der Waals surface area (Å²) in [7, 11) is 0. The highest BCUT2D eigenvalue weighted by Gasteiger charge is 2.46. The molecule has 4 aromatic carbocycles. The first-order chi connectivity index (χ1) is 13.6. The van der Waals surface area contributed by atoms with Crippen LogP contribution in [-0.4, -0.2) is 10.2 Å². The lowest BCUT2D eigenvalue weighted by Crippen LogP contribution is -2.29.